The van der Waals surface area contributed by atoms with Gasteiger partial charge in [-0.2, -0.15) is 0 Å². The number of carbonyl (C=O) groups is 1. The number of ether oxygens (including phenoxy) is 3. The highest BCUT2D eigenvalue weighted by Crippen LogP contribution is 2.04. The molecule has 0 radical (unpaired) electrons. The Morgan fingerprint density at radius 3 is 2.44 bits per heavy atom. The minimum absolute atomic E-state index is 0.118. The Labute approximate surface area is 110 Å². The highest BCUT2D eigenvalue weighted by atomic mass is 16.5. The van der Waals surface area contributed by atoms with Crippen LogP contribution in [0.25, 0.3) is 0 Å². The van der Waals surface area contributed by atoms with Crippen LogP contribution in [-0.4, -0.2) is 52.6 Å². The molecule has 0 rings (SSSR count). The number of methoxy groups -OCH3 is 2. The van der Waals surface area contributed by atoms with Gasteiger partial charge in [0.15, 0.2) is 0 Å². The maximum absolute atomic E-state index is 11.3. The van der Waals surface area contributed by atoms with Crippen LogP contribution in [0.3, 0.4) is 0 Å². The smallest absolute Gasteiger partial charge is 0.309 e. The van der Waals surface area contributed by atoms with Gasteiger partial charge in [-0.15, -0.1) is 0 Å². The first-order chi connectivity index (χ1) is 8.63. The van der Waals surface area contributed by atoms with Crippen LogP contribution in [-0.2, 0) is 19.0 Å². The molecule has 0 aromatic carbocycles. The van der Waals surface area contributed by atoms with E-state index in [1.54, 1.807) is 7.11 Å². The van der Waals surface area contributed by atoms with E-state index in [-0.39, 0.29) is 17.9 Å². The molecule has 5 nitrogen and oxygen atoms in total. The van der Waals surface area contributed by atoms with E-state index in [9.17, 15) is 4.79 Å². The van der Waals surface area contributed by atoms with Crippen molar-refractivity contribution in [3.63, 3.8) is 0 Å². The lowest BCUT2D eigenvalue weighted by atomic mass is 10.0. The quantitative estimate of drug-likeness (QED) is 0.447. The van der Waals surface area contributed by atoms with Crippen molar-refractivity contribution in [2.45, 2.75) is 32.7 Å². The van der Waals surface area contributed by atoms with Gasteiger partial charge >= 0.3 is 5.97 Å². The molecular formula is C13H27NO4. The van der Waals surface area contributed by atoms with Gasteiger partial charge in [0.1, 0.15) is 0 Å². The molecule has 0 spiro atoms. The zero-order valence-corrected chi connectivity index (χ0v) is 12.0. The van der Waals surface area contributed by atoms with Gasteiger partial charge in [0.05, 0.1) is 26.2 Å². The fourth-order valence-electron chi connectivity index (χ4n) is 1.47. The van der Waals surface area contributed by atoms with E-state index in [1.165, 1.54) is 7.11 Å². The second-order valence-electron chi connectivity index (χ2n) is 4.37. The summed E-state index contributed by atoms with van der Waals surface area (Å²) in [6.07, 6.45) is 2.04. The highest BCUT2D eigenvalue weighted by Gasteiger charge is 2.19. The second-order valence-corrected chi connectivity index (χ2v) is 4.37. The van der Waals surface area contributed by atoms with E-state index in [2.05, 4.69) is 5.32 Å². The Balaban J connectivity index is 3.40. The number of unbranched alkanes of at least 4 members (excludes halogenated alkanes) is 1. The second kappa shape index (κ2) is 11.4. The van der Waals surface area contributed by atoms with Crippen LogP contribution in [0.15, 0.2) is 0 Å². The number of rotatable bonds is 11. The van der Waals surface area contributed by atoms with E-state index in [1.807, 2.05) is 13.8 Å². The van der Waals surface area contributed by atoms with Crippen molar-refractivity contribution in [2.75, 3.05) is 40.6 Å². The molecule has 0 saturated heterocycles. The predicted molar refractivity (Wildman–Crippen MR) is 70.6 cm³/mol. The summed E-state index contributed by atoms with van der Waals surface area (Å²) >= 11 is 0. The number of esters is 1. The maximum atomic E-state index is 11.3. The van der Waals surface area contributed by atoms with Crippen LogP contribution in [0, 0.1) is 5.92 Å². The first kappa shape index (κ1) is 17.4. The average Bonchev–Trinajstić information content (AvgIpc) is 2.39. The summed E-state index contributed by atoms with van der Waals surface area (Å²) in [6.45, 7) is 6.81. The number of hydrogen-bond acceptors (Lipinski definition) is 5. The molecule has 0 bridgehead atoms. The molecule has 0 aromatic rings. The number of nitrogens with one attached hydrogen (secondary N) is 1. The van der Waals surface area contributed by atoms with Crippen LogP contribution < -0.4 is 5.32 Å². The van der Waals surface area contributed by atoms with Gasteiger partial charge in [0, 0.05) is 19.8 Å². The molecule has 0 aliphatic carbocycles. The molecule has 1 N–H and O–H groups in total. The Bertz CT molecular complexity index is 211. The van der Waals surface area contributed by atoms with Crippen molar-refractivity contribution in [1.82, 2.24) is 5.32 Å². The summed E-state index contributed by atoms with van der Waals surface area (Å²) < 4.78 is 14.9. The Kier molecular flexibility index (Phi) is 11.0. The molecule has 108 valence electrons. The molecule has 0 fully saturated rings. The van der Waals surface area contributed by atoms with Crippen molar-refractivity contribution in [2.24, 2.45) is 5.92 Å². The third kappa shape index (κ3) is 8.44. The lowest BCUT2D eigenvalue weighted by Crippen LogP contribution is -2.37. The lowest BCUT2D eigenvalue weighted by Gasteiger charge is -2.19. The molecule has 18 heavy (non-hydrogen) atoms. The largest absolute Gasteiger partial charge is 0.469 e. The standard InChI is InChI=1S/C13H27NO4/c1-11(13(15)17-4)12(2)14-7-5-6-8-18-10-9-16-3/h11-12,14H,5-10H2,1-4H3. The zero-order valence-electron chi connectivity index (χ0n) is 12.0. The van der Waals surface area contributed by atoms with Crippen molar-refractivity contribution in [3.8, 4) is 0 Å². The summed E-state index contributed by atoms with van der Waals surface area (Å²) in [5, 5.41) is 3.32. The average molecular weight is 261 g/mol. The minimum Gasteiger partial charge on any atom is -0.469 e. The van der Waals surface area contributed by atoms with E-state index >= 15 is 0 Å². The Morgan fingerprint density at radius 2 is 1.83 bits per heavy atom. The Morgan fingerprint density at radius 1 is 1.11 bits per heavy atom. The minimum atomic E-state index is -0.169. The van der Waals surface area contributed by atoms with Gasteiger partial charge in [0.25, 0.3) is 0 Å². The molecular weight excluding hydrogens is 234 g/mol. The summed E-state index contributed by atoms with van der Waals surface area (Å²) in [5.74, 6) is -0.286. The Hall–Kier alpha value is -0.650. The van der Waals surface area contributed by atoms with Crippen molar-refractivity contribution >= 4 is 5.97 Å². The summed E-state index contributed by atoms with van der Waals surface area (Å²) in [5.41, 5.74) is 0. The van der Waals surface area contributed by atoms with Gasteiger partial charge in [-0.25, -0.2) is 0 Å². The molecule has 0 aromatic heterocycles. The molecule has 0 heterocycles. The molecule has 5 heteroatoms. The predicted octanol–water partition coefficient (Wildman–Crippen LogP) is 1.22. The first-order valence-electron chi connectivity index (χ1n) is 6.51. The topological polar surface area (TPSA) is 56.8 Å². The van der Waals surface area contributed by atoms with E-state index in [0.29, 0.717) is 13.2 Å². The van der Waals surface area contributed by atoms with Gasteiger partial charge < -0.3 is 19.5 Å². The van der Waals surface area contributed by atoms with Gasteiger partial charge in [-0.3, -0.25) is 4.79 Å². The monoisotopic (exact) mass is 261 g/mol. The summed E-state index contributed by atoms with van der Waals surface area (Å²) in [6, 6.07) is 0.131. The molecule has 0 amide bonds. The molecule has 2 atom stereocenters. The van der Waals surface area contributed by atoms with Crippen LogP contribution in [0.1, 0.15) is 26.7 Å². The number of carbonyl (C=O) groups excluding carboxylic acids is 1. The van der Waals surface area contributed by atoms with Crippen molar-refractivity contribution < 1.29 is 19.0 Å². The lowest BCUT2D eigenvalue weighted by molar-refractivity contribution is -0.145. The van der Waals surface area contributed by atoms with Crippen molar-refractivity contribution in [3.05, 3.63) is 0 Å². The van der Waals surface area contributed by atoms with Crippen LogP contribution in [0.5, 0.6) is 0 Å². The molecule has 0 aliphatic rings. The SMILES string of the molecule is COCCOCCCCNC(C)C(C)C(=O)OC. The summed E-state index contributed by atoms with van der Waals surface area (Å²) in [4.78, 5) is 11.3. The third-order valence-corrected chi connectivity index (χ3v) is 2.94. The fraction of sp³-hybridized carbons (Fsp3) is 0.923. The van der Waals surface area contributed by atoms with E-state index in [4.69, 9.17) is 14.2 Å². The van der Waals surface area contributed by atoms with E-state index in [0.717, 1.165) is 26.0 Å². The highest BCUT2D eigenvalue weighted by molar-refractivity contribution is 5.72. The first-order valence-corrected chi connectivity index (χ1v) is 6.51. The van der Waals surface area contributed by atoms with Gasteiger partial charge in [-0.05, 0) is 26.3 Å². The molecule has 0 aliphatic heterocycles. The third-order valence-electron chi connectivity index (χ3n) is 2.94. The van der Waals surface area contributed by atoms with Gasteiger partial charge in [0.2, 0.25) is 0 Å². The maximum Gasteiger partial charge on any atom is 0.309 e. The van der Waals surface area contributed by atoms with Crippen LogP contribution in [0.4, 0.5) is 0 Å². The summed E-state index contributed by atoms with van der Waals surface area (Å²) in [7, 11) is 3.08. The normalized spacial score (nSPS) is 14.2. The van der Waals surface area contributed by atoms with E-state index < -0.39 is 0 Å². The van der Waals surface area contributed by atoms with Gasteiger partial charge in [-0.1, -0.05) is 6.92 Å². The van der Waals surface area contributed by atoms with Crippen LogP contribution in [0.2, 0.25) is 0 Å². The van der Waals surface area contributed by atoms with Crippen molar-refractivity contribution in [1.29, 1.82) is 0 Å². The van der Waals surface area contributed by atoms with Crippen LogP contribution >= 0.6 is 0 Å². The zero-order chi connectivity index (χ0) is 13.8. The number of hydrogen-bond donors (Lipinski definition) is 1. The fourth-order valence-corrected chi connectivity index (χ4v) is 1.47. The molecule has 2 unspecified atom stereocenters. The molecule has 0 saturated carbocycles.